The summed E-state index contributed by atoms with van der Waals surface area (Å²) in [6.45, 7) is 1.26. The second-order valence-corrected chi connectivity index (χ2v) is 3.65. The lowest BCUT2D eigenvalue weighted by atomic mass is 9.63. The molecule has 1 fully saturated rings. The van der Waals surface area contributed by atoms with E-state index in [4.69, 9.17) is 10.2 Å². The average Bonchev–Trinajstić information content (AvgIpc) is 1.96. The van der Waals surface area contributed by atoms with Crippen LogP contribution in [0.15, 0.2) is 0 Å². The van der Waals surface area contributed by atoms with Crippen molar-refractivity contribution < 1.29 is 10.2 Å². The normalized spacial score (nSPS) is 23.2. The predicted octanol–water partition coefficient (Wildman–Crippen LogP) is -0.413. The van der Waals surface area contributed by atoms with E-state index < -0.39 is 0 Å². The minimum Gasteiger partial charge on any atom is -0.396 e. The third kappa shape index (κ3) is 1.72. The van der Waals surface area contributed by atoms with Gasteiger partial charge in [-0.15, -0.1) is 0 Å². The standard InChI is InChI=1S/C8H17NO2/c1-9-4-7-2-8(3-7,5-10)6-11/h7,9-11H,2-6H2,1H3. The maximum absolute atomic E-state index is 8.94. The van der Waals surface area contributed by atoms with E-state index in [2.05, 4.69) is 5.32 Å². The van der Waals surface area contributed by atoms with E-state index in [1.165, 1.54) is 0 Å². The van der Waals surface area contributed by atoms with E-state index in [-0.39, 0.29) is 18.6 Å². The Morgan fingerprint density at radius 2 is 1.91 bits per heavy atom. The Bertz CT molecular complexity index is 115. The monoisotopic (exact) mass is 159 g/mol. The molecule has 3 nitrogen and oxygen atoms in total. The Morgan fingerprint density at radius 3 is 2.27 bits per heavy atom. The van der Waals surface area contributed by atoms with Crippen molar-refractivity contribution in [2.45, 2.75) is 12.8 Å². The van der Waals surface area contributed by atoms with Gasteiger partial charge in [-0.1, -0.05) is 0 Å². The average molecular weight is 159 g/mol. The number of hydrogen-bond acceptors (Lipinski definition) is 3. The molecule has 0 aromatic carbocycles. The molecule has 0 saturated heterocycles. The molecule has 3 N–H and O–H groups in total. The molecule has 0 aromatic rings. The summed E-state index contributed by atoms with van der Waals surface area (Å²) in [5.74, 6) is 0.652. The first-order valence-corrected chi connectivity index (χ1v) is 4.12. The Morgan fingerprint density at radius 1 is 1.36 bits per heavy atom. The van der Waals surface area contributed by atoms with Crippen LogP contribution in [0.2, 0.25) is 0 Å². The van der Waals surface area contributed by atoms with Gasteiger partial charge in [-0.2, -0.15) is 0 Å². The first-order valence-electron chi connectivity index (χ1n) is 4.12. The largest absolute Gasteiger partial charge is 0.396 e. The Balaban J connectivity index is 2.24. The molecule has 1 saturated carbocycles. The molecule has 1 rings (SSSR count). The summed E-state index contributed by atoms with van der Waals surface area (Å²) < 4.78 is 0. The van der Waals surface area contributed by atoms with E-state index >= 15 is 0 Å². The quantitative estimate of drug-likeness (QED) is 0.522. The van der Waals surface area contributed by atoms with Crippen molar-refractivity contribution >= 4 is 0 Å². The van der Waals surface area contributed by atoms with Gasteiger partial charge in [0.15, 0.2) is 0 Å². The van der Waals surface area contributed by atoms with Crippen molar-refractivity contribution in [3.8, 4) is 0 Å². The zero-order valence-corrected chi connectivity index (χ0v) is 7.01. The zero-order valence-electron chi connectivity index (χ0n) is 7.01. The highest BCUT2D eigenvalue weighted by atomic mass is 16.3. The van der Waals surface area contributed by atoms with Gasteiger partial charge in [-0.3, -0.25) is 0 Å². The van der Waals surface area contributed by atoms with Gasteiger partial charge in [-0.25, -0.2) is 0 Å². The number of nitrogens with one attached hydrogen (secondary N) is 1. The molecule has 11 heavy (non-hydrogen) atoms. The van der Waals surface area contributed by atoms with Gasteiger partial charge in [0.05, 0.1) is 13.2 Å². The second-order valence-electron chi connectivity index (χ2n) is 3.65. The van der Waals surface area contributed by atoms with Crippen LogP contribution >= 0.6 is 0 Å². The molecule has 3 heteroatoms. The highest BCUT2D eigenvalue weighted by Gasteiger charge is 2.42. The fourth-order valence-electron chi connectivity index (χ4n) is 1.91. The van der Waals surface area contributed by atoms with Crippen LogP contribution in [0.4, 0.5) is 0 Å². The summed E-state index contributed by atoms with van der Waals surface area (Å²) in [6.07, 6.45) is 1.92. The summed E-state index contributed by atoms with van der Waals surface area (Å²) >= 11 is 0. The van der Waals surface area contributed by atoms with Crippen LogP contribution in [0.25, 0.3) is 0 Å². The summed E-state index contributed by atoms with van der Waals surface area (Å²) in [7, 11) is 1.93. The van der Waals surface area contributed by atoms with E-state index in [0.717, 1.165) is 19.4 Å². The molecule has 0 atom stereocenters. The summed E-state index contributed by atoms with van der Waals surface area (Å²) in [6, 6.07) is 0. The Labute approximate surface area is 67.4 Å². The fourth-order valence-corrected chi connectivity index (χ4v) is 1.91. The lowest BCUT2D eigenvalue weighted by Gasteiger charge is -2.45. The molecule has 0 bridgehead atoms. The van der Waals surface area contributed by atoms with E-state index in [9.17, 15) is 0 Å². The maximum atomic E-state index is 8.94. The van der Waals surface area contributed by atoms with Crippen molar-refractivity contribution in [3.05, 3.63) is 0 Å². The van der Waals surface area contributed by atoms with Crippen LogP contribution in [0.1, 0.15) is 12.8 Å². The highest BCUT2D eigenvalue weighted by molar-refractivity contribution is 4.93. The number of hydrogen-bond donors (Lipinski definition) is 3. The molecule has 0 unspecified atom stereocenters. The Hall–Kier alpha value is -0.120. The van der Waals surface area contributed by atoms with Crippen LogP contribution in [0, 0.1) is 11.3 Å². The molecule has 0 amide bonds. The SMILES string of the molecule is CNCC1CC(CO)(CO)C1. The molecular weight excluding hydrogens is 142 g/mol. The van der Waals surface area contributed by atoms with E-state index in [1.807, 2.05) is 7.05 Å². The van der Waals surface area contributed by atoms with Crippen LogP contribution < -0.4 is 5.32 Å². The lowest BCUT2D eigenvalue weighted by Crippen LogP contribution is -2.46. The van der Waals surface area contributed by atoms with Crippen molar-refractivity contribution in [3.63, 3.8) is 0 Å². The smallest absolute Gasteiger partial charge is 0.0509 e. The minimum absolute atomic E-state index is 0.129. The van der Waals surface area contributed by atoms with E-state index in [1.54, 1.807) is 0 Å². The van der Waals surface area contributed by atoms with Crippen molar-refractivity contribution in [2.24, 2.45) is 11.3 Å². The van der Waals surface area contributed by atoms with Gasteiger partial charge < -0.3 is 15.5 Å². The van der Waals surface area contributed by atoms with Gasteiger partial charge in [0.1, 0.15) is 0 Å². The number of aliphatic hydroxyl groups is 2. The number of aliphatic hydroxyl groups excluding tert-OH is 2. The highest BCUT2D eigenvalue weighted by Crippen LogP contribution is 2.44. The van der Waals surface area contributed by atoms with Crippen LogP contribution in [0.5, 0.6) is 0 Å². The third-order valence-corrected chi connectivity index (χ3v) is 2.61. The second kappa shape index (κ2) is 3.52. The summed E-state index contributed by atoms with van der Waals surface area (Å²) in [4.78, 5) is 0. The minimum atomic E-state index is -0.151. The molecule has 0 heterocycles. The molecule has 0 radical (unpaired) electrons. The topological polar surface area (TPSA) is 52.5 Å². The molecule has 0 spiro atoms. The van der Waals surface area contributed by atoms with Crippen LogP contribution in [-0.4, -0.2) is 37.0 Å². The van der Waals surface area contributed by atoms with Crippen LogP contribution in [-0.2, 0) is 0 Å². The maximum Gasteiger partial charge on any atom is 0.0509 e. The summed E-state index contributed by atoms with van der Waals surface area (Å²) in [5, 5.41) is 21.0. The third-order valence-electron chi connectivity index (χ3n) is 2.61. The molecule has 0 aliphatic heterocycles. The lowest BCUT2D eigenvalue weighted by molar-refractivity contribution is -0.0473. The fraction of sp³-hybridized carbons (Fsp3) is 1.00. The van der Waals surface area contributed by atoms with Gasteiger partial charge in [0, 0.05) is 5.41 Å². The Kier molecular flexibility index (Phi) is 2.87. The van der Waals surface area contributed by atoms with Gasteiger partial charge in [0.2, 0.25) is 0 Å². The first kappa shape index (κ1) is 8.97. The first-order chi connectivity index (χ1) is 5.26. The van der Waals surface area contributed by atoms with Crippen molar-refractivity contribution in [2.75, 3.05) is 26.8 Å². The van der Waals surface area contributed by atoms with Crippen molar-refractivity contribution in [1.29, 1.82) is 0 Å². The zero-order chi connectivity index (χ0) is 8.32. The van der Waals surface area contributed by atoms with Gasteiger partial charge in [-0.05, 0) is 32.4 Å². The number of rotatable bonds is 4. The molecule has 1 aliphatic rings. The predicted molar refractivity (Wildman–Crippen MR) is 43.3 cm³/mol. The molecular formula is C8H17NO2. The molecule has 66 valence electrons. The summed E-state index contributed by atoms with van der Waals surface area (Å²) in [5.41, 5.74) is -0.151. The molecule has 0 aromatic heterocycles. The van der Waals surface area contributed by atoms with Crippen molar-refractivity contribution in [1.82, 2.24) is 5.32 Å². The van der Waals surface area contributed by atoms with Gasteiger partial charge >= 0.3 is 0 Å². The van der Waals surface area contributed by atoms with E-state index in [0.29, 0.717) is 5.92 Å². The van der Waals surface area contributed by atoms with Crippen LogP contribution in [0.3, 0.4) is 0 Å². The van der Waals surface area contributed by atoms with Gasteiger partial charge in [0.25, 0.3) is 0 Å². The molecule has 1 aliphatic carbocycles.